The van der Waals surface area contributed by atoms with Crippen LogP contribution in [0, 0.1) is 0 Å². The molecule has 1 rings (SSSR count). The molecule has 5 N–H and O–H groups in total. The van der Waals surface area contributed by atoms with Crippen molar-refractivity contribution in [3.05, 3.63) is 23.8 Å². The molecule has 1 atom stereocenters. The number of carbonyl (C=O) groups excluding carboxylic acids is 3. The summed E-state index contributed by atoms with van der Waals surface area (Å²) >= 11 is 0. The topological polar surface area (TPSA) is 142 Å². The van der Waals surface area contributed by atoms with Gasteiger partial charge in [-0.3, -0.25) is 4.79 Å². The third-order valence-corrected chi connectivity index (χ3v) is 2.61. The fourth-order valence-electron chi connectivity index (χ4n) is 1.49. The molecule has 1 aromatic carbocycles. The smallest absolute Gasteiger partial charge is 0.437 e. The fraction of sp³-hybridized carbons (Fsp3) is 0.308. The molecule has 120 valence electrons. The van der Waals surface area contributed by atoms with Crippen molar-refractivity contribution in [1.29, 1.82) is 0 Å². The standard InChI is InChI=1S/C13H16N2O7/c1-19-12(17)21-9-4-3-7(5-8(14)11(15)16)6-10(9)22-13(18)20-2/h3-4,6,8H,5,14H2,1-2H3,(H2,15,16)/p+1/t8-/m0/s1. The van der Waals surface area contributed by atoms with Crippen LogP contribution in [-0.2, 0) is 20.7 Å². The first-order chi connectivity index (χ1) is 10.4. The molecule has 0 spiro atoms. The largest absolute Gasteiger partial charge is 0.513 e. The quantitative estimate of drug-likeness (QED) is 0.557. The Labute approximate surface area is 126 Å². The summed E-state index contributed by atoms with van der Waals surface area (Å²) in [6, 6.07) is 3.72. The van der Waals surface area contributed by atoms with Gasteiger partial charge in [0.05, 0.1) is 14.2 Å². The third kappa shape index (κ3) is 4.94. The molecule has 9 heteroatoms. The summed E-state index contributed by atoms with van der Waals surface area (Å²) < 4.78 is 18.5. The molecule has 0 aliphatic heterocycles. The van der Waals surface area contributed by atoms with Crippen LogP contribution in [0.15, 0.2) is 18.2 Å². The number of ether oxygens (including phenoxy) is 4. The zero-order chi connectivity index (χ0) is 16.7. The van der Waals surface area contributed by atoms with Gasteiger partial charge >= 0.3 is 12.3 Å². The molecular weight excluding hydrogens is 296 g/mol. The van der Waals surface area contributed by atoms with E-state index in [0.717, 1.165) is 14.2 Å². The summed E-state index contributed by atoms with van der Waals surface area (Å²) in [5.41, 5.74) is 9.36. The second kappa shape index (κ2) is 7.84. The van der Waals surface area contributed by atoms with Gasteiger partial charge in [-0.1, -0.05) is 6.07 Å². The molecule has 0 fully saturated rings. The minimum atomic E-state index is -0.993. The van der Waals surface area contributed by atoms with Crippen LogP contribution in [0.1, 0.15) is 5.56 Å². The maximum Gasteiger partial charge on any atom is 0.513 e. The minimum Gasteiger partial charge on any atom is -0.437 e. The van der Waals surface area contributed by atoms with Gasteiger partial charge < -0.3 is 30.4 Å². The summed E-state index contributed by atoms with van der Waals surface area (Å²) in [7, 11) is 2.27. The lowest BCUT2D eigenvalue weighted by atomic mass is 10.1. The number of methoxy groups -OCH3 is 2. The Morgan fingerprint density at radius 2 is 1.64 bits per heavy atom. The molecule has 0 aromatic heterocycles. The average molecular weight is 313 g/mol. The van der Waals surface area contributed by atoms with E-state index in [2.05, 4.69) is 15.2 Å². The van der Waals surface area contributed by atoms with Gasteiger partial charge in [-0.15, -0.1) is 0 Å². The molecule has 1 aromatic rings. The Morgan fingerprint density at radius 3 is 2.14 bits per heavy atom. The number of benzene rings is 1. The van der Waals surface area contributed by atoms with Gasteiger partial charge in [-0.2, -0.15) is 0 Å². The van der Waals surface area contributed by atoms with Crippen molar-refractivity contribution in [3.8, 4) is 11.5 Å². The van der Waals surface area contributed by atoms with E-state index in [1.807, 2.05) is 0 Å². The Morgan fingerprint density at radius 1 is 1.09 bits per heavy atom. The van der Waals surface area contributed by atoms with E-state index in [-0.39, 0.29) is 17.9 Å². The van der Waals surface area contributed by atoms with Crippen LogP contribution in [0.25, 0.3) is 0 Å². The number of primary amides is 1. The van der Waals surface area contributed by atoms with Crippen molar-refractivity contribution in [1.82, 2.24) is 0 Å². The zero-order valence-corrected chi connectivity index (χ0v) is 12.2. The highest BCUT2D eigenvalue weighted by atomic mass is 16.7. The van der Waals surface area contributed by atoms with E-state index in [1.54, 1.807) is 6.07 Å². The van der Waals surface area contributed by atoms with Crippen LogP contribution in [0.3, 0.4) is 0 Å². The highest BCUT2D eigenvalue weighted by molar-refractivity contribution is 5.78. The first kappa shape index (κ1) is 17.2. The second-order valence-corrected chi connectivity index (χ2v) is 4.20. The molecule has 1 amide bonds. The van der Waals surface area contributed by atoms with E-state index in [1.165, 1.54) is 12.1 Å². The van der Waals surface area contributed by atoms with Crippen LogP contribution >= 0.6 is 0 Å². The van der Waals surface area contributed by atoms with Gasteiger partial charge in [0.2, 0.25) is 0 Å². The highest BCUT2D eigenvalue weighted by Gasteiger charge is 2.18. The SMILES string of the molecule is COC(=O)Oc1ccc(C[C@H]([NH3+])C(N)=O)cc1OC(=O)OC. The predicted octanol–water partition coefficient (Wildman–Crippen LogP) is -0.385. The van der Waals surface area contributed by atoms with Gasteiger partial charge in [-0.25, -0.2) is 9.59 Å². The van der Waals surface area contributed by atoms with E-state index in [9.17, 15) is 14.4 Å². The van der Waals surface area contributed by atoms with Crippen molar-refractivity contribution in [3.63, 3.8) is 0 Å². The molecule has 0 saturated heterocycles. The van der Waals surface area contributed by atoms with Crippen LogP contribution < -0.4 is 20.9 Å². The van der Waals surface area contributed by atoms with Crippen molar-refractivity contribution in [2.45, 2.75) is 12.5 Å². The number of nitrogens with two attached hydrogens (primary N) is 1. The van der Waals surface area contributed by atoms with Crippen molar-refractivity contribution >= 4 is 18.2 Å². The number of carbonyl (C=O) groups is 3. The monoisotopic (exact) mass is 313 g/mol. The molecule has 22 heavy (non-hydrogen) atoms. The summed E-state index contributed by atoms with van der Waals surface area (Å²) in [6.45, 7) is 0. The maximum absolute atomic E-state index is 11.2. The second-order valence-electron chi connectivity index (χ2n) is 4.20. The lowest BCUT2D eigenvalue weighted by Gasteiger charge is -2.11. The van der Waals surface area contributed by atoms with Gasteiger partial charge in [0, 0.05) is 6.42 Å². The molecule has 0 bridgehead atoms. The first-order valence-electron chi connectivity index (χ1n) is 6.14. The summed E-state index contributed by atoms with van der Waals surface area (Å²) in [5, 5.41) is 0. The van der Waals surface area contributed by atoms with Crippen molar-refractivity contribution < 1.29 is 39.1 Å². The zero-order valence-electron chi connectivity index (χ0n) is 12.2. The third-order valence-electron chi connectivity index (χ3n) is 2.61. The molecule has 0 aliphatic carbocycles. The van der Waals surface area contributed by atoms with Crippen molar-refractivity contribution in [2.24, 2.45) is 5.73 Å². The van der Waals surface area contributed by atoms with Crippen LogP contribution in [-0.4, -0.2) is 38.5 Å². The van der Waals surface area contributed by atoms with Crippen LogP contribution in [0.5, 0.6) is 11.5 Å². The number of hydrogen-bond acceptors (Lipinski definition) is 7. The maximum atomic E-state index is 11.2. The number of amides is 1. The molecule has 9 nitrogen and oxygen atoms in total. The first-order valence-corrected chi connectivity index (χ1v) is 6.14. The van der Waals surface area contributed by atoms with Crippen LogP contribution in [0.4, 0.5) is 9.59 Å². The Hall–Kier alpha value is -2.81. The van der Waals surface area contributed by atoms with E-state index < -0.39 is 24.3 Å². The molecule has 0 heterocycles. The van der Waals surface area contributed by atoms with E-state index in [4.69, 9.17) is 15.2 Å². The summed E-state index contributed by atoms with van der Waals surface area (Å²) in [5.74, 6) is -0.669. The molecule has 0 unspecified atom stereocenters. The number of rotatable bonds is 5. The molecule has 0 saturated carbocycles. The summed E-state index contributed by atoms with van der Waals surface area (Å²) in [4.78, 5) is 33.4. The van der Waals surface area contributed by atoms with Gasteiger partial charge in [0.15, 0.2) is 17.5 Å². The predicted molar refractivity (Wildman–Crippen MR) is 72.1 cm³/mol. The van der Waals surface area contributed by atoms with E-state index >= 15 is 0 Å². The Bertz CT molecular complexity index is 574. The number of hydrogen-bond donors (Lipinski definition) is 2. The highest BCUT2D eigenvalue weighted by Crippen LogP contribution is 2.29. The Kier molecular flexibility index (Phi) is 6.14. The van der Waals surface area contributed by atoms with Gasteiger partial charge in [-0.05, 0) is 17.7 Å². The normalized spacial score (nSPS) is 11.2. The molecule has 0 radical (unpaired) electrons. The lowest BCUT2D eigenvalue weighted by Crippen LogP contribution is -2.67. The van der Waals surface area contributed by atoms with Gasteiger partial charge in [0.1, 0.15) is 0 Å². The van der Waals surface area contributed by atoms with E-state index in [0.29, 0.717) is 5.56 Å². The lowest BCUT2D eigenvalue weighted by molar-refractivity contribution is -0.402. The van der Waals surface area contributed by atoms with Crippen LogP contribution in [0.2, 0.25) is 0 Å². The molecule has 0 aliphatic rings. The number of quaternary nitrogens is 1. The summed E-state index contributed by atoms with van der Waals surface area (Å²) in [6.07, 6.45) is -1.74. The van der Waals surface area contributed by atoms with Crippen molar-refractivity contribution in [2.75, 3.05) is 14.2 Å². The molecular formula is C13H17N2O7+. The Balaban J connectivity index is 3.04. The van der Waals surface area contributed by atoms with Gasteiger partial charge in [0.25, 0.3) is 5.91 Å². The average Bonchev–Trinajstić information content (AvgIpc) is 2.49. The fourth-order valence-corrected chi connectivity index (χ4v) is 1.49. The minimum absolute atomic E-state index is 0.0410.